The maximum Gasteiger partial charge on any atom is 0.243 e. The molecule has 0 saturated carbocycles. The number of phenols is 1. The van der Waals surface area contributed by atoms with Gasteiger partial charge in [0.2, 0.25) is 5.91 Å². The third-order valence-electron chi connectivity index (χ3n) is 6.69. The van der Waals surface area contributed by atoms with Gasteiger partial charge in [-0.05, 0) is 73.9 Å². The summed E-state index contributed by atoms with van der Waals surface area (Å²) >= 11 is 0. The van der Waals surface area contributed by atoms with Crippen LogP contribution in [0.4, 0.5) is 5.69 Å². The van der Waals surface area contributed by atoms with Crippen molar-refractivity contribution >= 4 is 28.6 Å². The van der Waals surface area contributed by atoms with Gasteiger partial charge in [-0.1, -0.05) is 56.0 Å². The Morgan fingerprint density at radius 2 is 1.60 bits per heavy atom. The molecule has 1 aromatic heterocycles. The highest BCUT2D eigenvalue weighted by Crippen LogP contribution is 2.33. The molecule has 1 heterocycles. The lowest BCUT2D eigenvalue weighted by molar-refractivity contribution is -0.116. The molecule has 2 aromatic carbocycles. The van der Waals surface area contributed by atoms with E-state index < -0.39 is 0 Å². The van der Waals surface area contributed by atoms with Crippen molar-refractivity contribution in [3.63, 3.8) is 0 Å². The highest BCUT2D eigenvalue weighted by atomic mass is 16.3. The average Bonchev–Trinajstić information content (AvgIpc) is 2.88. The molecule has 0 aliphatic heterocycles. The minimum absolute atomic E-state index is 0.0741. The molecule has 5 heteroatoms. The normalized spacial score (nSPS) is 13.1. The van der Waals surface area contributed by atoms with Crippen LogP contribution in [0.15, 0.2) is 54.6 Å². The first-order valence-electron chi connectivity index (χ1n) is 13.1. The second-order valence-corrected chi connectivity index (χ2v) is 9.40. The van der Waals surface area contributed by atoms with E-state index in [-0.39, 0.29) is 11.7 Å². The SMILES string of the molecule is O=C(/C=C/c1ccc(O)cc1)NCCCCCCCCNc1c2c(nc3ccccc13)CCCC2. The van der Waals surface area contributed by atoms with E-state index in [0.717, 1.165) is 43.3 Å². The largest absolute Gasteiger partial charge is 0.508 e. The molecule has 35 heavy (non-hydrogen) atoms. The third-order valence-corrected chi connectivity index (χ3v) is 6.69. The Hall–Kier alpha value is -3.34. The minimum atomic E-state index is -0.0741. The van der Waals surface area contributed by atoms with Gasteiger partial charge in [0.05, 0.1) is 5.52 Å². The standard InChI is InChI=1S/C30H37N3O2/c34-24-18-15-23(16-19-24)17-20-29(35)31-21-9-3-1-2-4-10-22-32-30-25-11-5-7-13-27(25)33-28-14-8-6-12-26(28)30/h5,7,11,13,15-20,34H,1-4,6,8-10,12,14,21-22H2,(H,31,35)(H,32,33)/b20-17+. The topological polar surface area (TPSA) is 74.2 Å². The van der Waals surface area contributed by atoms with Crippen LogP contribution in [0.5, 0.6) is 5.75 Å². The number of hydrogen-bond acceptors (Lipinski definition) is 4. The zero-order valence-corrected chi connectivity index (χ0v) is 20.6. The van der Waals surface area contributed by atoms with Gasteiger partial charge in [0.15, 0.2) is 0 Å². The van der Waals surface area contributed by atoms with Gasteiger partial charge in [0.1, 0.15) is 5.75 Å². The molecule has 0 atom stereocenters. The number of nitrogens with one attached hydrogen (secondary N) is 2. The number of fused-ring (bicyclic) bond motifs is 2. The number of carbonyl (C=O) groups excluding carboxylic acids is 1. The number of carbonyl (C=O) groups is 1. The highest BCUT2D eigenvalue weighted by molar-refractivity contribution is 5.93. The Morgan fingerprint density at radius 3 is 2.43 bits per heavy atom. The van der Waals surface area contributed by atoms with Crippen LogP contribution in [-0.4, -0.2) is 29.1 Å². The van der Waals surface area contributed by atoms with Crippen LogP contribution in [0.2, 0.25) is 0 Å². The second kappa shape index (κ2) is 12.9. The van der Waals surface area contributed by atoms with Crippen molar-refractivity contribution in [3.8, 4) is 5.75 Å². The first-order valence-corrected chi connectivity index (χ1v) is 13.1. The van der Waals surface area contributed by atoms with Crippen molar-refractivity contribution in [1.29, 1.82) is 0 Å². The summed E-state index contributed by atoms with van der Waals surface area (Å²) in [4.78, 5) is 16.8. The Kier molecular flexibility index (Phi) is 9.16. The first-order chi connectivity index (χ1) is 17.2. The molecular formula is C30H37N3O2. The molecule has 5 nitrogen and oxygen atoms in total. The fourth-order valence-corrected chi connectivity index (χ4v) is 4.77. The number of aromatic nitrogens is 1. The number of amides is 1. The Balaban J connectivity index is 1.09. The molecule has 1 amide bonds. The number of unbranched alkanes of at least 4 members (excludes halogenated alkanes) is 5. The van der Waals surface area contributed by atoms with Crippen LogP contribution in [0.3, 0.4) is 0 Å². The van der Waals surface area contributed by atoms with E-state index in [2.05, 4.69) is 34.9 Å². The molecule has 0 radical (unpaired) electrons. The van der Waals surface area contributed by atoms with Crippen LogP contribution < -0.4 is 10.6 Å². The van der Waals surface area contributed by atoms with E-state index in [4.69, 9.17) is 4.98 Å². The Morgan fingerprint density at radius 1 is 0.886 bits per heavy atom. The Bertz CT molecular complexity index is 1140. The maximum absolute atomic E-state index is 11.9. The molecule has 4 rings (SSSR count). The summed E-state index contributed by atoms with van der Waals surface area (Å²) in [6.07, 6.45) is 15.0. The third kappa shape index (κ3) is 7.32. The molecule has 0 unspecified atom stereocenters. The Labute approximate surface area is 208 Å². The number of para-hydroxylation sites is 1. The summed E-state index contributed by atoms with van der Waals surface area (Å²) in [7, 11) is 0. The fraction of sp³-hybridized carbons (Fsp3) is 0.400. The van der Waals surface area contributed by atoms with Gasteiger partial charge >= 0.3 is 0 Å². The summed E-state index contributed by atoms with van der Waals surface area (Å²) < 4.78 is 0. The molecule has 0 saturated heterocycles. The van der Waals surface area contributed by atoms with Gasteiger partial charge in [0, 0.05) is 35.9 Å². The van der Waals surface area contributed by atoms with Crippen molar-refractivity contribution in [1.82, 2.24) is 10.3 Å². The van der Waals surface area contributed by atoms with Gasteiger partial charge < -0.3 is 15.7 Å². The minimum Gasteiger partial charge on any atom is -0.508 e. The first kappa shape index (κ1) is 24.8. The summed E-state index contributed by atoms with van der Waals surface area (Å²) in [6.45, 7) is 1.71. The smallest absolute Gasteiger partial charge is 0.243 e. The fourth-order valence-electron chi connectivity index (χ4n) is 4.77. The lowest BCUT2D eigenvalue weighted by Crippen LogP contribution is -2.21. The number of phenolic OH excluding ortho intramolecular Hbond substituents is 1. The summed E-state index contributed by atoms with van der Waals surface area (Å²) in [5, 5.41) is 17.3. The van der Waals surface area contributed by atoms with Crippen molar-refractivity contribution < 1.29 is 9.90 Å². The van der Waals surface area contributed by atoms with Crippen molar-refractivity contribution in [3.05, 3.63) is 71.4 Å². The number of benzene rings is 2. The van der Waals surface area contributed by atoms with Gasteiger partial charge in [-0.2, -0.15) is 0 Å². The van der Waals surface area contributed by atoms with Crippen LogP contribution in [0.1, 0.15) is 68.2 Å². The predicted molar refractivity (Wildman–Crippen MR) is 145 cm³/mol. The van der Waals surface area contributed by atoms with Crippen molar-refractivity contribution in [2.45, 2.75) is 64.2 Å². The van der Waals surface area contributed by atoms with Crippen molar-refractivity contribution in [2.75, 3.05) is 18.4 Å². The van der Waals surface area contributed by atoms with E-state index in [1.165, 1.54) is 60.9 Å². The number of rotatable bonds is 12. The molecule has 3 aromatic rings. The summed E-state index contributed by atoms with van der Waals surface area (Å²) in [5.74, 6) is 0.152. The number of pyridine rings is 1. The highest BCUT2D eigenvalue weighted by Gasteiger charge is 2.17. The molecular weight excluding hydrogens is 434 g/mol. The number of hydrogen-bond donors (Lipinski definition) is 3. The monoisotopic (exact) mass is 471 g/mol. The van der Waals surface area contributed by atoms with Gasteiger partial charge in [-0.25, -0.2) is 0 Å². The summed E-state index contributed by atoms with van der Waals surface area (Å²) in [6, 6.07) is 15.3. The van der Waals surface area contributed by atoms with E-state index in [9.17, 15) is 9.90 Å². The number of anilines is 1. The number of nitrogens with zero attached hydrogens (tertiary/aromatic N) is 1. The lowest BCUT2D eigenvalue weighted by Gasteiger charge is -2.21. The molecule has 0 fully saturated rings. The zero-order valence-electron chi connectivity index (χ0n) is 20.6. The van der Waals surface area contributed by atoms with Gasteiger partial charge in [-0.3, -0.25) is 9.78 Å². The summed E-state index contributed by atoms with van der Waals surface area (Å²) in [5.41, 5.74) is 6.05. The predicted octanol–water partition coefficient (Wildman–Crippen LogP) is 6.40. The van der Waals surface area contributed by atoms with E-state index in [0.29, 0.717) is 6.54 Å². The second-order valence-electron chi connectivity index (χ2n) is 9.40. The molecule has 1 aliphatic carbocycles. The number of aryl methyl sites for hydroxylation is 1. The van der Waals surface area contributed by atoms with Gasteiger partial charge in [-0.15, -0.1) is 0 Å². The van der Waals surface area contributed by atoms with E-state index >= 15 is 0 Å². The van der Waals surface area contributed by atoms with Gasteiger partial charge in [0.25, 0.3) is 0 Å². The van der Waals surface area contributed by atoms with E-state index in [1.807, 2.05) is 0 Å². The molecule has 184 valence electrons. The average molecular weight is 472 g/mol. The van der Waals surface area contributed by atoms with Crippen LogP contribution in [0.25, 0.3) is 17.0 Å². The number of aromatic hydroxyl groups is 1. The quantitative estimate of drug-likeness (QED) is 0.211. The molecule has 0 spiro atoms. The van der Waals surface area contributed by atoms with Crippen molar-refractivity contribution in [2.24, 2.45) is 0 Å². The lowest BCUT2D eigenvalue weighted by atomic mass is 9.92. The molecule has 1 aliphatic rings. The molecule has 3 N–H and O–H groups in total. The maximum atomic E-state index is 11.9. The van der Waals surface area contributed by atoms with Crippen LogP contribution in [0, 0.1) is 0 Å². The zero-order chi connectivity index (χ0) is 24.3. The van der Waals surface area contributed by atoms with Crippen LogP contribution >= 0.6 is 0 Å². The molecule has 0 bridgehead atoms. The van der Waals surface area contributed by atoms with E-state index in [1.54, 1.807) is 36.4 Å². The van der Waals surface area contributed by atoms with Crippen LogP contribution in [-0.2, 0) is 17.6 Å².